The second-order valence-corrected chi connectivity index (χ2v) is 4.14. The summed E-state index contributed by atoms with van der Waals surface area (Å²) in [5.74, 6) is -0.410. The van der Waals surface area contributed by atoms with E-state index in [9.17, 15) is 9.90 Å². The van der Waals surface area contributed by atoms with E-state index < -0.39 is 12.1 Å². The fourth-order valence-electron chi connectivity index (χ4n) is 1.49. The topological polar surface area (TPSA) is 55.8 Å². The number of aliphatic hydroxyl groups excluding tert-OH is 1. The molecule has 104 valence electrons. The van der Waals surface area contributed by atoms with E-state index in [0.29, 0.717) is 26.1 Å². The smallest absolute Gasteiger partial charge is 0.330 e. The highest BCUT2D eigenvalue weighted by Gasteiger charge is 2.02. The fraction of sp³-hybridized carbons (Fsp3) is 0.400. The summed E-state index contributed by atoms with van der Waals surface area (Å²) in [5, 5.41) is 9.65. The molecule has 0 unspecified atom stereocenters. The first kappa shape index (κ1) is 15.4. The van der Waals surface area contributed by atoms with Crippen LogP contribution in [-0.4, -0.2) is 30.9 Å². The molecule has 0 amide bonds. The lowest BCUT2D eigenvalue weighted by molar-refractivity contribution is -0.134. The third kappa shape index (κ3) is 7.39. The molecule has 0 aliphatic carbocycles. The minimum Gasteiger partial charge on any atom is -0.466 e. The van der Waals surface area contributed by atoms with Crippen LogP contribution in [0.3, 0.4) is 0 Å². The van der Waals surface area contributed by atoms with E-state index in [0.717, 1.165) is 5.56 Å². The van der Waals surface area contributed by atoms with Crippen LogP contribution < -0.4 is 0 Å². The van der Waals surface area contributed by atoms with Crippen LogP contribution >= 0.6 is 0 Å². The van der Waals surface area contributed by atoms with E-state index >= 15 is 0 Å². The molecular formula is C15H20O4. The first-order valence-electron chi connectivity index (χ1n) is 6.26. The number of aliphatic hydroxyl groups is 1. The van der Waals surface area contributed by atoms with Crippen molar-refractivity contribution >= 4 is 5.97 Å². The van der Waals surface area contributed by atoms with Crippen molar-refractivity contribution in [2.45, 2.75) is 25.6 Å². The predicted octanol–water partition coefficient (Wildman–Crippen LogP) is 2.07. The summed E-state index contributed by atoms with van der Waals surface area (Å²) >= 11 is 0. The predicted molar refractivity (Wildman–Crippen MR) is 72.5 cm³/mol. The van der Waals surface area contributed by atoms with Crippen molar-refractivity contribution in [3.8, 4) is 0 Å². The average Bonchev–Trinajstić information content (AvgIpc) is 2.44. The van der Waals surface area contributed by atoms with Gasteiger partial charge in [-0.25, -0.2) is 4.79 Å². The number of hydrogen-bond acceptors (Lipinski definition) is 4. The van der Waals surface area contributed by atoms with Gasteiger partial charge in [0.1, 0.15) is 0 Å². The molecule has 0 heterocycles. The van der Waals surface area contributed by atoms with E-state index in [1.54, 1.807) is 6.08 Å². The third-order valence-corrected chi connectivity index (χ3v) is 2.57. The van der Waals surface area contributed by atoms with Crippen LogP contribution in [0.25, 0.3) is 0 Å². The molecule has 0 aromatic heterocycles. The van der Waals surface area contributed by atoms with Gasteiger partial charge in [-0.1, -0.05) is 36.4 Å². The molecule has 0 bridgehead atoms. The number of rotatable bonds is 8. The Balaban J connectivity index is 2.09. The Morgan fingerprint density at radius 2 is 2.11 bits per heavy atom. The van der Waals surface area contributed by atoms with Crippen LogP contribution in [0.5, 0.6) is 0 Å². The minimum absolute atomic E-state index is 0.410. The maximum atomic E-state index is 10.8. The Hall–Kier alpha value is -1.65. The maximum Gasteiger partial charge on any atom is 0.330 e. The highest BCUT2D eigenvalue weighted by atomic mass is 16.5. The standard InChI is InChI=1S/C15H20O4/c1-18-15(17)9-5-8-14(16)10-11-19-12-13-6-3-2-4-7-13/h2-7,9,14,16H,8,10-12H2,1H3/b9-5+/t14-/m0/s1. The molecule has 1 aromatic carbocycles. The molecule has 0 radical (unpaired) electrons. The third-order valence-electron chi connectivity index (χ3n) is 2.57. The number of carbonyl (C=O) groups excluding carboxylic acids is 1. The zero-order chi connectivity index (χ0) is 13.9. The Morgan fingerprint density at radius 3 is 2.79 bits per heavy atom. The van der Waals surface area contributed by atoms with Crippen molar-refractivity contribution in [1.29, 1.82) is 0 Å². The van der Waals surface area contributed by atoms with Gasteiger partial charge in [-0.15, -0.1) is 0 Å². The molecular weight excluding hydrogens is 244 g/mol. The quantitative estimate of drug-likeness (QED) is 0.443. The lowest BCUT2D eigenvalue weighted by Gasteiger charge is -2.08. The molecule has 1 N–H and O–H groups in total. The van der Waals surface area contributed by atoms with E-state index in [1.165, 1.54) is 13.2 Å². The summed E-state index contributed by atoms with van der Waals surface area (Å²) < 4.78 is 9.91. The molecule has 1 rings (SSSR count). The molecule has 4 heteroatoms. The largest absolute Gasteiger partial charge is 0.466 e. The monoisotopic (exact) mass is 264 g/mol. The van der Waals surface area contributed by atoms with Crippen LogP contribution in [0.2, 0.25) is 0 Å². The first-order valence-corrected chi connectivity index (χ1v) is 6.26. The number of benzene rings is 1. The second kappa shape index (κ2) is 9.30. The van der Waals surface area contributed by atoms with Gasteiger partial charge in [0.05, 0.1) is 19.8 Å². The Bertz CT molecular complexity index is 386. The van der Waals surface area contributed by atoms with Crippen LogP contribution in [0, 0.1) is 0 Å². The van der Waals surface area contributed by atoms with Crippen molar-refractivity contribution < 1.29 is 19.4 Å². The molecule has 0 aliphatic heterocycles. The molecule has 0 saturated carbocycles. The van der Waals surface area contributed by atoms with Crippen LogP contribution in [0.1, 0.15) is 18.4 Å². The van der Waals surface area contributed by atoms with E-state index in [-0.39, 0.29) is 0 Å². The summed E-state index contributed by atoms with van der Waals surface area (Å²) in [6.07, 6.45) is 3.38. The van der Waals surface area contributed by atoms with Crippen LogP contribution in [0.4, 0.5) is 0 Å². The van der Waals surface area contributed by atoms with Gasteiger partial charge in [-0.05, 0) is 18.4 Å². The van der Waals surface area contributed by atoms with Gasteiger partial charge in [-0.3, -0.25) is 0 Å². The van der Waals surface area contributed by atoms with E-state index in [1.807, 2.05) is 30.3 Å². The average molecular weight is 264 g/mol. The zero-order valence-electron chi connectivity index (χ0n) is 11.1. The summed E-state index contributed by atoms with van der Waals surface area (Å²) in [7, 11) is 1.32. The van der Waals surface area contributed by atoms with Crippen molar-refractivity contribution in [1.82, 2.24) is 0 Å². The van der Waals surface area contributed by atoms with Gasteiger partial charge in [-0.2, -0.15) is 0 Å². The van der Waals surface area contributed by atoms with Crippen molar-refractivity contribution in [2.24, 2.45) is 0 Å². The van der Waals surface area contributed by atoms with Crippen molar-refractivity contribution in [3.63, 3.8) is 0 Å². The van der Waals surface area contributed by atoms with E-state index in [2.05, 4.69) is 4.74 Å². The second-order valence-electron chi connectivity index (χ2n) is 4.14. The SMILES string of the molecule is COC(=O)/C=C/C[C@H](O)CCOCc1ccccc1. The van der Waals surface area contributed by atoms with Gasteiger partial charge in [0, 0.05) is 12.7 Å². The number of hydrogen-bond donors (Lipinski definition) is 1. The van der Waals surface area contributed by atoms with Crippen molar-refractivity contribution in [3.05, 3.63) is 48.0 Å². The van der Waals surface area contributed by atoms with Gasteiger partial charge < -0.3 is 14.6 Å². The summed E-state index contributed by atoms with van der Waals surface area (Å²) in [6.45, 7) is 1.04. The lowest BCUT2D eigenvalue weighted by atomic mass is 10.2. The molecule has 1 aromatic rings. The number of carbonyl (C=O) groups is 1. The van der Waals surface area contributed by atoms with Gasteiger partial charge in [0.15, 0.2) is 0 Å². The Labute approximate surface area is 113 Å². The summed E-state index contributed by atoms with van der Waals surface area (Å²) in [5.41, 5.74) is 1.11. The zero-order valence-corrected chi connectivity index (χ0v) is 11.1. The summed E-state index contributed by atoms with van der Waals surface area (Å²) in [6, 6.07) is 9.88. The molecule has 0 spiro atoms. The lowest BCUT2D eigenvalue weighted by Crippen LogP contribution is -2.09. The van der Waals surface area contributed by atoms with Crippen LogP contribution in [-0.2, 0) is 20.9 Å². The van der Waals surface area contributed by atoms with Crippen LogP contribution in [0.15, 0.2) is 42.5 Å². The Morgan fingerprint density at radius 1 is 1.37 bits per heavy atom. The summed E-state index contributed by atoms with van der Waals surface area (Å²) in [4.78, 5) is 10.8. The number of ether oxygens (including phenoxy) is 2. The maximum absolute atomic E-state index is 10.8. The molecule has 0 saturated heterocycles. The fourth-order valence-corrected chi connectivity index (χ4v) is 1.49. The number of methoxy groups -OCH3 is 1. The highest BCUT2D eigenvalue weighted by molar-refractivity contribution is 5.81. The Kier molecular flexibility index (Phi) is 7.54. The van der Waals surface area contributed by atoms with Gasteiger partial charge >= 0.3 is 5.97 Å². The van der Waals surface area contributed by atoms with Crippen molar-refractivity contribution in [2.75, 3.05) is 13.7 Å². The molecule has 1 atom stereocenters. The van der Waals surface area contributed by atoms with Gasteiger partial charge in [0.2, 0.25) is 0 Å². The molecule has 19 heavy (non-hydrogen) atoms. The highest BCUT2D eigenvalue weighted by Crippen LogP contribution is 2.03. The number of esters is 1. The normalized spacial score (nSPS) is 12.5. The minimum atomic E-state index is -0.503. The molecule has 4 nitrogen and oxygen atoms in total. The first-order chi connectivity index (χ1) is 9.22. The molecule has 0 aliphatic rings. The van der Waals surface area contributed by atoms with E-state index in [4.69, 9.17) is 4.74 Å². The molecule has 0 fully saturated rings. The van der Waals surface area contributed by atoms with Gasteiger partial charge in [0.25, 0.3) is 0 Å².